The molecule has 0 N–H and O–H groups in total. The molecule has 21 heavy (non-hydrogen) atoms. The standard InChI is InChI=1S/C11H18.C9H13.Fe/c1-7-8(2)10(4)11(5,6)9(7)3;1-6-5-7(2)9(4)8(6)3;/h1-6H3;5H,1-4H3;/q;-1;+2. The van der Waals surface area contributed by atoms with Crippen LogP contribution < -0.4 is 0 Å². The van der Waals surface area contributed by atoms with Crippen LogP contribution >= 0.6 is 0 Å². The summed E-state index contributed by atoms with van der Waals surface area (Å²) in [6.07, 6.45) is 0. The van der Waals surface area contributed by atoms with E-state index < -0.39 is 0 Å². The van der Waals surface area contributed by atoms with E-state index in [0.717, 1.165) is 0 Å². The molecule has 1 heteroatoms. The molecule has 0 nitrogen and oxygen atoms in total. The van der Waals surface area contributed by atoms with Gasteiger partial charge in [0, 0.05) is 5.41 Å². The third kappa shape index (κ3) is 3.76. The Morgan fingerprint density at radius 1 is 0.810 bits per heavy atom. The predicted molar refractivity (Wildman–Crippen MR) is 91.5 cm³/mol. The third-order valence-corrected chi connectivity index (χ3v) is 5.74. The maximum absolute atomic E-state index is 2.30. The van der Waals surface area contributed by atoms with Gasteiger partial charge in [-0.05, 0) is 38.8 Å². The quantitative estimate of drug-likeness (QED) is 0.385. The van der Waals surface area contributed by atoms with Crippen molar-refractivity contribution in [1.82, 2.24) is 0 Å². The zero-order valence-corrected chi connectivity index (χ0v) is 16.5. The molecule has 0 radical (unpaired) electrons. The van der Waals surface area contributed by atoms with Crippen molar-refractivity contribution in [3.8, 4) is 0 Å². The van der Waals surface area contributed by atoms with Crippen molar-refractivity contribution < 1.29 is 17.1 Å². The van der Waals surface area contributed by atoms with Gasteiger partial charge < -0.3 is 0 Å². The second kappa shape index (κ2) is 7.07. The number of hydrogen-bond acceptors (Lipinski definition) is 0. The van der Waals surface area contributed by atoms with E-state index in [9.17, 15) is 0 Å². The van der Waals surface area contributed by atoms with Crippen LogP contribution in [0.2, 0.25) is 0 Å². The Kier molecular flexibility index (Phi) is 6.85. The zero-order valence-electron chi connectivity index (χ0n) is 15.4. The number of aryl methyl sites for hydroxylation is 2. The van der Waals surface area contributed by atoms with E-state index in [0.29, 0.717) is 5.41 Å². The second-order valence-corrected chi connectivity index (χ2v) is 6.89. The minimum absolute atomic E-state index is 0. The van der Waals surface area contributed by atoms with Crippen molar-refractivity contribution in [3.63, 3.8) is 0 Å². The summed E-state index contributed by atoms with van der Waals surface area (Å²) in [7, 11) is 0. The van der Waals surface area contributed by atoms with Gasteiger partial charge in [0.05, 0.1) is 0 Å². The average molecular weight is 327 g/mol. The molecule has 0 unspecified atom stereocenters. The molecule has 1 aliphatic rings. The van der Waals surface area contributed by atoms with E-state index in [1.807, 2.05) is 0 Å². The number of hydrogen-bond donors (Lipinski definition) is 0. The van der Waals surface area contributed by atoms with E-state index in [4.69, 9.17) is 0 Å². The molecular formula is C20H31Fe+. The van der Waals surface area contributed by atoms with Crippen molar-refractivity contribution in [2.75, 3.05) is 0 Å². The Morgan fingerprint density at radius 2 is 1.19 bits per heavy atom. The molecule has 0 amide bonds. The van der Waals surface area contributed by atoms with E-state index >= 15 is 0 Å². The van der Waals surface area contributed by atoms with Gasteiger partial charge in [0.2, 0.25) is 0 Å². The molecule has 0 bridgehead atoms. The van der Waals surface area contributed by atoms with Gasteiger partial charge in [-0.3, -0.25) is 0 Å². The van der Waals surface area contributed by atoms with Gasteiger partial charge in [0.1, 0.15) is 0 Å². The summed E-state index contributed by atoms with van der Waals surface area (Å²) in [5, 5.41) is 0. The minimum Gasteiger partial charge on any atom is -0.207 e. The van der Waals surface area contributed by atoms with Gasteiger partial charge in [-0.2, -0.15) is 22.3 Å². The van der Waals surface area contributed by atoms with Crippen LogP contribution in [0, 0.1) is 33.1 Å². The normalized spacial score (nSPS) is 16.7. The number of rotatable bonds is 0. The van der Waals surface area contributed by atoms with Crippen molar-refractivity contribution in [3.05, 3.63) is 50.6 Å². The number of allylic oxidation sites excluding steroid dienone is 4. The summed E-state index contributed by atoms with van der Waals surface area (Å²) >= 11 is 0. The summed E-state index contributed by atoms with van der Waals surface area (Å²) in [5.74, 6) is 0. The fraction of sp³-hybridized carbons (Fsp3) is 0.550. The molecule has 0 aliphatic heterocycles. The summed E-state index contributed by atoms with van der Waals surface area (Å²) < 4.78 is 0. The van der Waals surface area contributed by atoms with Crippen LogP contribution in [0.4, 0.5) is 0 Å². The maximum atomic E-state index is 2.30. The summed E-state index contributed by atoms with van der Waals surface area (Å²) in [6.45, 7) is 22.2. The molecule has 2 rings (SSSR count). The van der Waals surface area contributed by atoms with Crippen molar-refractivity contribution in [1.29, 1.82) is 0 Å². The van der Waals surface area contributed by atoms with E-state index in [-0.39, 0.29) is 17.1 Å². The Bertz CT molecular complexity index is 529. The third-order valence-electron chi connectivity index (χ3n) is 5.74. The van der Waals surface area contributed by atoms with Gasteiger partial charge in [-0.15, -0.1) is 0 Å². The van der Waals surface area contributed by atoms with Crippen molar-refractivity contribution >= 4 is 0 Å². The topological polar surface area (TPSA) is 0 Å². The minimum atomic E-state index is 0. The summed E-state index contributed by atoms with van der Waals surface area (Å²) in [4.78, 5) is 0. The maximum Gasteiger partial charge on any atom is 2.00 e. The first-order valence-electron chi connectivity index (χ1n) is 7.58. The first-order chi connectivity index (χ1) is 9.01. The zero-order chi connectivity index (χ0) is 15.8. The Hall–Kier alpha value is -0.651. The summed E-state index contributed by atoms with van der Waals surface area (Å²) in [5.41, 5.74) is 12.1. The smallest absolute Gasteiger partial charge is 0.207 e. The fourth-order valence-electron chi connectivity index (χ4n) is 2.91. The molecule has 0 atom stereocenters. The SMILES string of the molecule is CC1=C(C)C(C)(C)C(C)=C1C.Cc1cc(C)[c-](C)c1C.[Fe+2]. The first kappa shape index (κ1) is 20.3. The van der Waals surface area contributed by atoms with Crippen LogP contribution in [-0.2, 0) is 17.1 Å². The monoisotopic (exact) mass is 327 g/mol. The molecule has 118 valence electrons. The van der Waals surface area contributed by atoms with E-state index in [2.05, 4.69) is 75.3 Å². The molecule has 0 fully saturated rings. The van der Waals surface area contributed by atoms with Crippen molar-refractivity contribution in [2.45, 2.75) is 69.2 Å². The molecule has 1 aromatic rings. The first-order valence-corrected chi connectivity index (χ1v) is 7.58. The molecule has 0 heterocycles. The van der Waals surface area contributed by atoms with Crippen LogP contribution in [0.3, 0.4) is 0 Å². The average Bonchev–Trinajstić information content (AvgIpc) is 2.68. The molecule has 0 saturated heterocycles. The van der Waals surface area contributed by atoms with Gasteiger partial charge >= 0.3 is 17.1 Å². The molecular weight excluding hydrogens is 296 g/mol. The van der Waals surface area contributed by atoms with Crippen LogP contribution in [-0.4, -0.2) is 0 Å². The van der Waals surface area contributed by atoms with Gasteiger partial charge in [0.15, 0.2) is 0 Å². The van der Waals surface area contributed by atoms with Crippen LogP contribution in [0.25, 0.3) is 0 Å². The largest absolute Gasteiger partial charge is 2.00 e. The Balaban J connectivity index is 0.000000370. The van der Waals surface area contributed by atoms with Gasteiger partial charge in [-0.25, -0.2) is 6.07 Å². The van der Waals surface area contributed by atoms with Crippen LogP contribution in [0.5, 0.6) is 0 Å². The molecule has 0 spiro atoms. The van der Waals surface area contributed by atoms with Crippen molar-refractivity contribution in [2.24, 2.45) is 5.41 Å². The summed E-state index contributed by atoms with van der Waals surface area (Å²) in [6, 6.07) is 2.24. The van der Waals surface area contributed by atoms with Gasteiger partial charge in [-0.1, -0.05) is 52.7 Å². The fourth-order valence-corrected chi connectivity index (χ4v) is 2.91. The Morgan fingerprint density at radius 3 is 1.29 bits per heavy atom. The van der Waals surface area contributed by atoms with Crippen LogP contribution in [0.1, 0.15) is 63.8 Å². The predicted octanol–water partition coefficient (Wildman–Crippen LogP) is 6.34. The molecule has 1 aliphatic carbocycles. The van der Waals surface area contributed by atoms with Gasteiger partial charge in [0.25, 0.3) is 0 Å². The molecule has 0 saturated carbocycles. The molecule has 0 aromatic heterocycles. The second-order valence-electron chi connectivity index (χ2n) is 6.89. The molecule has 1 aromatic carbocycles. The van der Waals surface area contributed by atoms with Crippen LogP contribution in [0.15, 0.2) is 28.4 Å². The van der Waals surface area contributed by atoms with E-state index in [1.54, 1.807) is 0 Å². The van der Waals surface area contributed by atoms with E-state index in [1.165, 1.54) is 44.5 Å². The Labute approximate surface area is 142 Å².